The number of nitrogens with zero attached hydrogens (tertiary/aromatic N) is 1. The van der Waals surface area contributed by atoms with Crippen molar-refractivity contribution in [3.05, 3.63) is 36.0 Å². The lowest BCUT2D eigenvalue weighted by atomic mass is 10.1. The van der Waals surface area contributed by atoms with E-state index in [2.05, 4.69) is 6.07 Å². The highest BCUT2D eigenvalue weighted by Crippen LogP contribution is 2.22. The third kappa shape index (κ3) is 3.74. The average Bonchev–Trinajstić information content (AvgIpc) is 2.68. The van der Waals surface area contributed by atoms with Crippen LogP contribution in [-0.2, 0) is 22.5 Å². The van der Waals surface area contributed by atoms with E-state index in [0.29, 0.717) is 6.61 Å². The van der Waals surface area contributed by atoms with Gasteiger partial charge in [0.1, 0.15) is 6.54 Å². The molecule has 0 aliphatic rings. The van der Waals surface area contributed by atoms with Crippen LogP contribution in [0, 0.1) is 0 Å². The molecule has 1 heterocycles. The van der Waals surface area contributed by atoms with Crippen LogP contribution in [0.1, 0.15) is 19.4 Å². The molecule has 1 unspecified atom stereocenters. The highest BCUT2D eigenvalue weighted by molar-refractivity contribution is 5.86. The smallest absolute Gasteiger partial charge is 0.325 e. The summed E-state index contributed by atoms with van der Waals surface area (Å²) in [7, 11) is 0. The van der Waals surface area contributed by atoms with Gasteiger partial charge in [-0.3, -0.25) is 4.79 Å². The Balaban J connectivity index is 0.00000200. The number of hydrogen-bond donors (Lipinski definition) is 1. The summed E-state index contributed by atoms with van der Waals surface area (Å²) < 4.78 is 6.94. The number of aromatic nitrogens is 1. The summed E-state index contributed by atoms with van der Waals surface area (Å²) >= 11 is 0. The molecule has 110 valence electrons. The first-order valence-electron chi connectivity index (χ1n) is 6.59. The summed E-state index contributed by atoms with van der Waals surface area (Å²) in [5.41, 5.74) is 8.10. The maximum Gasteiger partial charge on any atom is 0.325 e. The lowest BCUT2D eigenvalue weighted by molar-refractivity contribution is -0.143. The molecular weight excluding hydrogens is 276 g/mol. The van der Waals surface area contributed by atoms with Crippen LogP contribution in [0.15, 0.2) is 30.5 Å². The van der Waals surface area contributed by atoms with Gasteiger partial charge in [0.25, 0.3) is 0 Å². The fourth-order valence-electron chi connectivity index (χ4n) is 2.31. The summed E-state index contributed by atoms with van der Waals surface area (Å²) in [6, 6.07) is 8.15. The maximum absolute atomic E-state index is 11.6. The number of ether oxygens (including phenoxy) is 1. The van der Waals surface area contributed by atoms with Crippen molar-refractivity contribution in [2.75, 3.05) is 6.61 Å². The van der Waals surface area contributed by atoms with E-state index >= 15 is 0 Å². The molecule has 0 bridgehead atoms. The number of carbonyl (C=O) groups is 1. The number of carbonyl (C=O) groups excluding carboxylic acids is 1. The van der Waals surface area contributed by atoms with Gasteiger partial charge < -0.3 is 15.0 Å². The molecule has 0 amide bonds. The zero-order valence-electron chi connectivity index (χ0n) is 11.8. The lowest BCUT2D eigenvalue weighted by Gasteiger charge is -2.04. The van der Waals surface area contributed by atoms with Crippen LogP contribution in [0.25, 0.3) is 10.9 Å². The Bertz CT molecular complexity index is 578. The number of rotatable bonds is 5. The standard InChI is InChI=1S/C15H20N2O2.ClH/c1-3-19-15(18)10-17-9-12(8-11(2)16)13-6-4-5-7-14(13)17;/h4-7,9,11H,3,8,10,16H2,1-2H3;1H. The summed E-state index contributed by atoms with van der Waals surface area (Å²) in [4.78, 5) is 11.6. The SMILES string of the molecule is CCOC(=O)Cn1cc(CC(C)N)c2ccccc21.Cl. The maximum atomic E-state index is 11.6. The first-order valence-corrected chi connectivity index (χ1v) is 6.59. The second-order valence-corrected chi connectivity index (χ2v) is 4.79. The minimum absolute atomic E-state index is 0. The minimum atomic E-state index is -0.212. The molecule has 0 saturated heterocycles. The average molecular weight is 297 g/mol. The fraction of sp³-hybridized carbons (Fsp3) is 0.400. The van der Waals surface area contributed by atoms with E-state index < -0.39 is 0 Å². The number of fused-ring (bicyclic) bond motifs is 1. The normalized spacial score (nSPS) is 11.9. The number of hydrogen-bond acceptors (Lipinski definition) is 3. The van der Waals surface area contributed by atoms with Crippen LogP contribution < -0.4 is 5.73 Å². The Morgan fingerprint density at radius 2 is 2.10 bits per heavy atom. The Morgan fingerprint density at radius 3 is 2.75 bits per heavy atom. The van der Waals surface area contributed by atoms with Gasteiger partial charge in [-0.15, -0.1) is 12.4 Å². The van der Waals surface area contributed by atoms with Crippen molar-refractivity contribution in [3.63, 3.8) is 0 Å². The second kappa shape index (κ2) is 7.31. The number of halogens is 1. The van der Waals surface area contributed by atoms with Gasteiger partial charge in [-0.05, 0) is 31.9 Å². The Hall–Kier alpha value is -1.52. The van der Waals surface area contributed by atoms with E-state index in [1.807, 2.05) is 42.8 Å². The van der Waals surface area contributed by atoms with Crippen molar-refractivity contribution in [1.29, 1.82) is 0 Å². The van der Waals surface area contributed by atoms with Gasteiger partial charge in [-0.25, -0.2) is 0 Å². The van der Waals surface area contributed by atoms with Gasteiger partial charge in [-0.2, -0.15) is 0 Å². The van der Waals surface area contributed by atoms with E-state index in [1.165, 1.54) is 5.56 Å². The third-order valence-corrected chi connectivity index (χ3v) is 3.02. The first kappa shape index (κ1) is 16.5. The summed E-state index contributed by atoms with van der Waals surface area (Å²) in [6.07, 6.45) is 2.81. The Morgan fingerprint density at radius 1 is 1.40 bits per heavy atom. The number of nitrogens with two attached hydrogens (primary N) is 1. The van der Waals surface area contributed by atoms with Crippen LogP contribution in [-0.4, -0.2) is 23.2 Å². The van der Waals surface area contributed by atoms with Gasteiger partial charge in [-0.1, -0.05) is 18.2 Å². The zero-order chi connectivity index (χ0) is 13.8. The molecule has 1 atom stereocenters. The van der Waals surface area contributed by atoms with Crippen molar-refractivity contribution in [2.24, 2.45) is 5.73 Å². The summed E-state index contributed by atoms with van der Waals surface area (Å²) in [5, 5.41) is 1.16. The van der Waals surface area contributed by atoms with E-state index in [4.69, 9.17) is 10.5 Å². The van der Waals surface area contributed by atoms with E-state index in [-0.39, 0.29) is 31.0 Å². The summed E-state index contributed by atoms with van der Waals surface area (Å²) in [5.74, 6) is -0.212. The molecule has 4 nitrogen and oxygen atoms in total. The third-order valence-electron chi connectivity index (χ3n) is 3.02. The largest absolute Gasteiger partial charge is 0.465 e. The molecule has 2 N–H and O–H groups in total. The molecule has 0 radical (unpaired) electrons. The van der Waals surface area contributed by atoms with Gasteiger partial charge in [0.2, 0.25) is 0 Å². The molecule has 0 aliphatic carbocycles. The predicted molar refractivity (Wildman–Crippen MR) is 83.2 cm³/mol. The zero-order valence-corrected chi connectivity index (χ0v) is 12.7. The first-order chi connectivity index (χ1) is 9.11. The second-order valence-electron chi connectivity index (χ2n) is 4.79. The van der Waals surface area contributed by atoms with Crippen LogP contribution in [0.4, 0.5) is 0 Å². The van der Waals surface area contributed by atoms with Crippen LogP contribution in [0.3, 0.4) is 0 Å². The topological polar surface area (TPSA) is 57.2 Å². The molecule has 2 rings (SSSR count). The number of esters is 1. The Kier molecular flexibility index (Phi) is 6.05. The molecule has 1 aromatic carbocycles. The Labute approximate surface area is 125 Å². The molecule has 1 aromatic heterocycles. The van der Waals surface area contributed by atoms with Gasteiger partial charge in [0.15, 0.2) is 0 Å². The quantitative estimate of drug-likeness (QED) is 0.863. The molecule has 0 saturated carbocycles. The van der Waals surface area contributed by atoms with Gasteiger partial charge in [0, 0.05) is 23.1 Å². The van der Waals surface area contributed by atoms with Crippen molar-refractivity contribution in [3.8, 4) is 0 Å². The van der Waals surface area contributed by atoms with Crippen LogP contribution >= 0.6 is 12.4 Å². The van der Waals surface area contributed by atoms with Crippen molar-refractivity contribution < 1.29 is 9.53 Å². The molecule has 5 heteroatoms. The van der Waals surface area contributed by atoms with Crippen molar-refractivity contribution in [2.45, 2.75) is 32.9 Å². The van der Waals surface area contributed by atoms with Gasteiger partial charge >= 0.3 is 5.97 Å². The molecule has 0 fully saturated rings. The molecule has 20 heavy (non-hydrogen) atoms. The monoisotopic (exact) mass is 296 g/mol. The van der Waals surface area contributed by atoms with Crippen molar-refractivity contribution in [1.82, 2.24) is 4.57 Å². The lowest BCUT2D eigenvalue weighted by Crippen LogP contribution is -2.17. The van der Waals surface area contributed by atoms with E-state index in [0.717, 1.165) is 17.3 Å². The van der Waals surface area contributed by atoms with Crippen LogP contribution in [0.5, 0.6) is 0 Å². The molecule has 0 spiro atoms. The van der Waals surface area contributed by atoms with Gasteiger partial charge in [0.05, 0.1) is 6.61 Å². The predicted octanol–water partition coefficient (Wildman–Crippen LogP) is 2.52. The minimum Gasteiger partial charge on any atom is -0.465 e. The molecule has 0 aliphatic heterocycles. The highest BCUT2D eigenvalue weighted by Gasteiger charge is 2.12. The van der Waals surface area contributed by atoms with Crippen molar-refractivity contribution >= 4 is 29.3 Å². The molecule has 2 aromatic rings. The van der Waals surface area contributed by atoms with E-state index in [9.17, 15) is 4.79 Å². The fourth-order valence-corrected chi connectivity index (χ4v) is 2.31. The highest BCUT2D eigenvalue weighted by atomic mass is 35.5. The number of para-hydroxylation sites is 1. The molecular formula is C15H21ClN2O2. The van der Waals surface area contributed by atoms with Crippen LogP contribution in [0.2, 0.25) is 0 Å². The summed E-state index contributed by atoms with van der Waals surface area (Å²) in [6.45, 7) is 4.45. The number of benzene rings is 1. The van der Waals surface area contributed by atoms with E-state index in [1.54, 1.807) is 0 Å².